The van der Waals surface area contributed by atoms with Gasteiger partial charge in [-0.25, -0.2) is 4.79 Å². The summed E-state index contributed by atoms with van der Waals surface area (Å²) in [7, 11) is 0. The van der Waals surface area contributed by atoms with Crippen LogP contribution in [0.4, 0.5) is 10.5 Å². The Hall–Kier alpha value is -2.04. The second-order valence-electron chi connectivity index (χ2n) is 5.31. The summed E-state index contributed by atoms with van der Waals surface area (Å²) in [6.07, 6.45) is 2.21. The zero-order valence-electron chi connectivity index (χ0n) is 11.2. The molecule has 1 aromatic carbocycles. The average Bonchev–Trinajstić information content (AvgIpc) is 3.24. The van der Waals surface area contributed by atoms with Gasteiger partial charge in [-0.3, -0.25) is 9.69 Å². The fraction of sp³-hybridized carbons (Fsp3) is 0.467. The van der Waals surface area contributed by atoms with Crippen LogP contribution in [0.2, 0.25) is 0 Å². The summed E-state index contributed by atoms with van der Waals surface area (Å²) < 4.78 is 5.32. The first-order chi connectivity index (χ1) is 9.74. The van der Waals surface area contributed by atoms with Gasteiger partial charge < -0.3 is 10.1 Å². The van der Waals surface area contributed by atoms with Gasteiger partial charge in [0.25, 0.3) is 0 Å². The zero-order valence-corrected chi connectivity index (χ0v) is 11.2. The van der Waals surface area contributed by atoms with Crippen molar-refractivity contribution in [3.05, 3.63) is 30.3 Å². The van der Waals surface area contributed by atoms with E-state index in [-0.39, 0.29) is 24.0 Å². The minimum atomic E-state index is -0.310. The normalized spacial score (nSPS) is 21.7. The highest BCUT2D eigenvalue weighted by molar-refractivity contribution is 5.89. The maximum atomic E-state index is 11.8. The molecule has 1 atom stereocenters. The monoisotopic (exact) mass is 274 g/mol. The van der Waals surface area contributed by atoms with Crippen molar-refractivity contribution in [1.29, 1.82) is 0 Å². The number of ether oxygens (including phenoxy) is 1. The van der Waals surface area contributed by atoms with Crippen LogP contribution in [0.5, 0.6) is 0 Å². The SMILES string of the molecule is O=C(NCCC1CN(c2ccccc2)C(=O)O1)C1CC1. The summed E-state index contributed by atoms with van der Waals surface area (Å²) >= 11 is 0. The Bertz CT molecular complexity index is 499. The molecule has 20 heavy (non-hydrogen) atoms. The second kappa shape index (κ2) is 5.53. The van der Waals surface area contributed by atoms with Gasteiger partial charge in [-0.2, -0.15) is 0 Å². The van der Waals surface area contributed by atoms with Gasteiger partial charge in [0, 0.05) is 24.6 Å². The number of hydrogen-bond donors (Lipinski definition) is 1. The number of hydrogen-bond acceptors (Lipinski definition) is 3. The molecule has 106 valence electrons. The van der Waals surface area contributed by atoms with Crippen molar-refractivity contribution < 1.29 is 14.3 Å². The Morgan fingerprint density at radius 2 is 2.05 bits per heavy atom. The van der Waals surface area contributed by atoms with Gasteiger partial charge in [0.05, 0.1) is 6.54 Å². The summed E-state index contributed by atoms with van der Waals surface area (Å²) in [5, 5.41) is 2.89. The van der Waals surface area contributed by atoms with Crippen LogP contribution in [-0.2, 0) is 9.53 Å². The second-order valence-corrected chi connectivity index (χ2v) is 5.31. The first kappa shape index (κ1) is 13.0. The fourth-order valence-corrected chi connectivity index (χ4v) is 2.34. The van der Waals surface area contributed by atoms with Crippen molar-refractivity contribution in [3.63, 3.8) is 0 Å². The van der Waals surface area contributed by atoms with Gasteiger partial charge in [0.2, 0.25) is 5.91 Å². The minimum Gasteiger partial charge on any atom is -0.444 e. The van der Waals surface area contributed by atoms with Crippen LogP contribution in [0.25, 0.3) is 0 Å². The number of carbonyl (C=O) groups excluding carboxylic acids is 2. The molecule has 0 aromatic heterocycles. The third kappa shape index (κ3) is 2.92. The summed E-state index contributed by atoms with van der Waals surface area (Å²) in [5.74, 6) is 0.358. The molecule has 2 aliphatic rings. The maximum absolute atomic E-state index is 11.8. The number of nitrogens with one attached hydrogen (secondary N) is 1. The van der Waals surface area contributed by atoms with E-state index in [9.17, 15) is 9.59 Å². The predicted octanol–water partition coefficient (Wildman–Crippen LogP) is 1.93. The molecule has 1 unspecified atom stereocenters. The number of anilines is 1. The van der Waals surface area contributed by atoms with Crippen molar-refractivity contribution in [2.45, 2.75) is 25.4 Å². The van der Waals surface area contributed by atoms with Crippen molar-refractivity contribution in [1.82, 2.24) is 5.32 Å². The summed E-state index contributed by atoms with van der Waals surface area (Å²) in [6, 6.07) is 9.48. The highest BCUT2D eigenvalue weighted by atomic mass is 16.6. The van der Waals surface area contributed by atoms with E-state index < -0.39 is 0 Å². The Labute approximate surface area is 117 Å². The summed E-state index contributed by atoms with van der Waals surface area (Å²) in [6.45, 7) is 1.11. The number of nitrogens with zero attached hydrogens (tertiary/aromatic N) is 1. The molecule has 1 N–H and O–H groups in total. The number of carbonyl (C=O) groups is 2. The van der Waals surface area contributed by atoms with Crippen LogP contribution in [-0.4, -0.2) is 31.2 Å². The van der Waals surface area contributed by atoms with Crippen LogP contribution in [0.1, 0.15) is 19.3 Å². The maximum Gasteiger partial charge on any atom is 0.414 e. The Balaban J connectivity index is 1.48. The smallest absolute Gasteiger partial charge is 0.414 e. The van der Waals surface area contributed by atoms with Crippen LogP contribution >= 0.6 is 0 Å². The predicted molar refractivity (Wildman–Crippen MR) is 74.4 cm³/mol. The molecule has 0 radical (unpaired) electrons. The molecule has 0 bridgehead atoms. The fourth-order valence-electron chi connectivity index (χ4n) is 2.34. The first-order valence-electron chi connectivity index (χ1n) is 7.05. The molecular weight excluding hydrogens is 256 g/mol. The highest BCUT2D eigenvalue weighted by Crippen LogP contribution is 2.28. The van der Waals surface area contributed by atoms with Gasteiger partial charge in [-0.05, 0) is 25.0 Å². The Kier molecular flexibility index (Phi) is 3.58. The molecule has 2 amide bonds. The third-order valence-corrected chi connectivity index (χ3v) is 3.66. The molecule has 1 aliphatic carbocycles. The molecule has 3 rings (SSSR count). The van der Waals surface area contributed by atoms with E-state index in [0.717, 1.165) is 18.5 Å². The quantitative estimate of drug-likeness (QED) is 0.892. The zero-order chi connectivity index (χ0) is 13.9. The van der Waals surface area contributed by atoms with Crippen molar-refractivity contribution >= 4 is 17.7 Å². The molecular formula is C15H18N2O3. The van der Waals surface area contributed by atoms with E-state index in [2.05, 4.69) is 5.32 Å². The highest BCUT2D eigenvalue weighted by Gasteiger charge is 2.33. The molecule has 1 aromatic rings. The largest absolute Gasteiger partial charge is 0.444 e. The van der Waals surface area contributed by atoms with E-state index in [1.165, 1.54) is 0 Å². The number of amides is 2. The van der Waals surface area contributed by atoms with E-state index in [4.69, 9.17) is 4.74 Å². The van der Waals surface area contributed by atoms with Crippen LogP contribution in [0, 0.1) is 5.92 Å². The van der Waals surface area contributed by atoms with Crippen LogP contribution in [0.15, 0.2) is 30.3 Å². The lowest BCUT2D eigenvalue weighted by Crippen LogP contribution is -2.29. The third-order valence-electron chi connectivity index (χ3n) is 3.66. The molecule has 0 spiro atoms. The average molecular weight is 274 g/mol. The van der Waals surface area contributed by atoms with E-state index >= 15 is 0 Å². The first-order valence-corrected chi connectivity index (χ1v) is 7.05. The molecule has 5 nitrogen and oxygen atoms in total. The summed E-state index contributed by atoms with van der Waals surface area (Å²) in [4.78, 5) is 24.9. The number of cyclic esters (lactones) is 1. The molecule has 1 saturated carbocycles. The van der Waals surface area contributed by atoms with Crippen LogP contribution in [0.3, 0.4) is 0 Å². The standard InChI is InChI=1S/C15H18N2O3/c18-14(11-6-7-11)16-9-8-13-10-17(15(19)20-13)12-4-2-1-3-5-12/h1-5,11,13H,6-10H2,(H,16,18). The topological polar surface area (TPSA) is 58.6 Å². The minimum absolute atomic E-state index is 0.134. The van der Waals surface area contributed by atoms with Crippen molar-refractivity contribution in [2.75, 3.05) is 18.0 Å². The van der Waals surface area contributed by atoms with Crippen LogP contribution < -0.4 is 10.2 Å². The number of benzene rings is 1. The van der Waals surface area contributed by atoms with Gasteiger partial charge in [0.15, 0.2) is 0 Å². The lowest BCUT2D eigenvalue weighted by molar-refractivity contribution is -0.122. The lowest BCUT2D eigenvalue weighted by atomic mass is 10.2. The molecule has 1 aliphatic heterocycles. The van der Waals surface area contributed by atoms with E-state index in [1.807, 2.05) is 30.3 Å². The molecule has 2 fully saturated rings. The molecule has 1 heterocycles. The lowest BCUT2D eigenvalue weighted by Gasteiger charge is -2.12. The van der Waals surface area contributed by atoms with Crippen molar-refractivity contribution in [3.8, 4) is 0 Å². The Morgan fingerprint density at radius 3 is 2.75 bits per heavy atom. The molecule has 1 saturated heterocycles. The van der Waals surface area contributed by atoms with E-state index in [1.54, 1.807) is 4.90 Å². The number of rotatable bonds is 5. The van der Waals surface area contributed by atoms with Gasteiger partial charge >= 0.3 is 6.09 Å². The van der Waals surface area contributed by atoms with Gasteiger partial charge in [-0.1, -0.05) is 18.2 Å². The Morgan fingerprint density at radius 1 is 1.30 bits per heavy atom. The van der Waals surface area contributed by atoms with Crippen molar-refractivity contribution in [2.24, 2.45) is 5.92 Å². The van der Waals surface area contributed by atoms with E-state index in [0.29, 0.717) is 19.5 Å². The summed E-state index contributed by atoms with van der Waals surface area (Å²) in [5.41, 5.74) is 0.849. The molecule has 5 heteroatoms. The van der Waals surface area contributed by atoms with Gasteiger partial charge in [0.1, 0.15) is 6.10 Å². The number of para-hydroxylation sites is 1. The van der Waals surface area contributed by atoms with Gasteiger partial charge in [-0.15, -0.1) is 0 Å².